The number of benzene rings is 1. The Morgan fingerprint density at radius 3 is 3.04 bits per heavy atom. The minimum atomic E-state index is -0.151. The first-order valence-corrected chi connectivity index (χ1v) is 8.83. The van der Waals surface area contributed by atoms with Gasteiger partial charge in [-0.2, -0.15) is 9.67 Å². The molecule has 11 heteroatoms. The topological polar surface area (TPSA) is 125 Å². The fourth-order valence-electron chi connectivity index (χ4n) is 2.30. The standard InChI is InChI=1S/C16H13N7O3S/c1-10(24)17-11-4-2-5-12(8-11)23-16(19-21-22-23)27-9-14-18-15(20-26-14)13-6-3-7-25-13/h2-8H,9H2,1H3,(H,17,24). The predicted octanol–water partition coefficient (Wildman–Crippen LogP) is 2.56. The lowest BCUT2D eigenvalue weighted by atomic mass is 10.3. The van der Waals surface area contributed by atoms with E-state index in [-0.39, 0.29) is 5.91 Å². The molecule has 1 N–H and O–H groups in total. The SMILES string of the molecule is CC(=O)Nc1cccc(-n2nnnc2SCc2nc(-c3ccco3)no2)c1. The van der Waals surface area contributed by atoms with E-state index in [4.69, 9.17) is 8.94 Å². The Morgan fingerprint density at radius 1 is 1.30 bits per heavy atom. The molecule has 0 saturated heterocycles. The van der Waals surface area contributed by atoms with Crippen molar-refractivity contribution in [3.8, 4) is 17.3 Å². The van der Waals surface area contributed by atoms with Gasteiger partial charge in [0.15, 0.2) is 5.76 Å². The molecule has 0 aliphatic rings. The van der Waals surface area contributed by atoms with Crippen molar-refractivity contribution in [3.05, 3.63) is 48.6 Å². The molecule has 0 spiro atoms. The highest BCUT2D eigenvalue weighted by atomic mass is 32.2. The largest absolute Gasteiger partial charge is 0.461 e. The van der Waals surface area contributed by atoms with Crippen LogP contribution in [0.2, 0.25) is 0 Å². The first-order chi connectivity index (χ1) is 13.2. The van der Waals surface area contributed by atoms with Gasteiger partial charge >= 0.3 is 0 Å². The van der Waals surface area contributed by atoms with Gasteiger partial charge < -0.3 is 14.3 Å². The van der Waals surface area contributed by atoms with E-state index in [1.165, 1.54) is 18.7 Å². The van der Waals surface area contributed by atoms with Crippen LogP contribution in [-0.2, 0) is 10.5 Å². The Balaban J connectivity index is 1.49. The molecular formula is C16H13N7O3S. The average molecular weight is 383 g/mol. The molecule has 136 valence electrons. The summed E-state index contributed by atoms with van der Waals surface area (Å²) >= 11 is 1.34. The van der Waals surface area contributed by atoms with Crippen LogP contribution >= 0.6 is 11.8 Å². The number of hydrogen-bond donors (Lipinski definition) is 1. The van der Waals surface area contributed by atoms with Gasteiger partial charge in [0.05, 0.1) is 17.7 Å². The molecule has 3 aromatic heterocycles. The number of nitrogens with one attached hydrogen (secondary N) is 1. The maximum Gasteiger partial charge on any atom is 0.238 e. The Hall–Kier alpha value is -3.47. The van der Waals surface area contributed by atoms with Crippen molar-refractivity contribution in [3.63, 3.8) is 0 Å². The Bertz CT molecular complexity index is 1060. The van der Waals surface area contributed by atoms with Gasteiger partial charge in [-0.05, 0) is 40.8 Å². The summed E-state index contributed by atoms with van der Waals surface area (Å²) in [5, 5.41) is 18.9. The van der Waals surface area contributed by atoms with Crippen LogP contribution in [-0.4, -0.2) is 36.3 Å². The zero-order valence-corrected chi connectivity index (χ0v) is 14.9. The number of carbonyl (C=O) groups is 1. The number of tetrazole rings is 1. The van der Waals surface area contributed by atoms with E-state index in [0.717, 1.165) is 5.69 Å². The molecule has 0 unspecified atom stereocenters. The van der Waals surface area contributed by atoms with Gasteiger partial charge in [0.25, 0.3) is 0 Å². The fraction of sp³-hybridized carbons (Fsp3) is 0.125. The number of rotatable bonds is 6. The molecule has 0 aliphatic carbocycles. The second kappa shape index (κ2) is 7.41. The summed E-state index contributed by atoms with van der Waals surface area (Å²) in [6.07, 6.45) is 1.54. The second-order valence-corrected chi connectivity index (χ2v) is 6.32. The van der Waals surface area contributed by atoms with E-state index in [0.29, 0.717) is 34.1 Å². The molecule has 0 saturated carbocycles. The third kappa shape index (κ3) is 3.87. The molecule has 10 nitrogen and oxygen atoms in total. The lowest BCUT2D eigenvalue weighted by Gasteiger charge is -2.06. The number of anilines is 1. The number of furan rings is 1. The monoisotopic (exact) mass is 383 g/mol. The maximum atomic E-state index is 11.2. The minimum Gasteiger partial charge on any atom is -0.461 e. The Morgan fingerprint density at radius 2 is 2.22 bits per heavy atom. The van der Waals surface area contributed by atoms with Crippen LogP contribution in [0.15, 0.2) is 56.8 Å². The molecule has 3 heterocycles. The van der Waals surface area contributed by atoms with Crippen LogP contribution in [0.25, 0.3) is 17.3 Å². The summed E-state index contributed by atoms with van der Waals surface area (Å²) in [5.41, 5.74) is 1.38. The summed E-state index contributed by atoms with van der Waals surface area (Å²) in [6.45, 7) is 1.45. The normalized spacial score (nSPS) is 10.9. The van der Waals surface area contributed by atoms with Crippen LogP contribution < -0.4 is 5.32 Å². The quantitative estimate of drug-likeness (QED) is 0.500. The van der Waals surface area contributed by atoms with E-state index < -0.39 is 0 Å². The average Bonchev–Trinajstić information content (AvgIpc) is 3.39. The third-order valence-electron chi connectivity index (χ3n) is 3.39. The fourth-order valence-corrected chi connectivity index (χ4v) is 3.02. The van der Waals surface area contributed by atoms with Gasteiger partial charge in [0.2, 0.25) is 22.8 Å². The maximum absolute atomic E-state index is 11.2. The first kappa shape index (κ1) is 17.0. The van der Waals surface area contributed by atoms with Crippen LogP contribution in [0.1, 0.15) is 12.8 Å². The summed E-state index contributed by atoms with van der Waals surface area (Å²) in [5.74, 6) is 1.59. The van der Waals surface area contributed by atoms with Gasteiger partial charge in [-0.25, -0.2) is 0 Å². The van der Waals surface area contributed by atoms with E-state index in [2.05, 4.69) is 31.0 Å². The molecule has 1 aromatic carbocycles. The van der Waals surface area contributed by atoms with Crippen LogP contribution in [0.3, 0.4) is 0 Å². The molecule has 0 radical (unpaired) electrons. The summed E-state index contributed by atoms with van der Waals surface area (Å²) < 4.78 is 12.0. The molecule has 4 rings (SSSR count). The van der Waals surface area contributed by atoms with E-state index in [9.17, 15) is 4.79 Å². The van der Waals surface area contributed by atoms with Crippen molar-refractivity contribution in [2.45, 2.75) is 17.8 Å². The number of thioether (sulfide) groups is 1. The van der Waals surface area contributed by atoms with Gasteiger partial charge in [-0.3, -0.25) is 4.79 Å². The Labute approximate surface area is 156 Å². The molecule has 0 atom stereocenters. The summed E-state index contributed by atoms with van der Waals surface area (Å²) in [7, 11) is 0. The highest BCUT2D eigenvalue weighted by molar-refractivity contribution is 7.98. The van der Waals surface area contributed by atoms with E-state index in [1.807, 2.05) is 12.1 Å². The predicted molar refractivity (Wildman–Crippen MR) is 95.0 cm³/mol. The van der Waals surface area contributed by atoms with Crippen LogP contribution in [0.5, 0.6) is 0 Å². The van der Waals surface area contributed by atoms with Crippen molar-refractivity contribution in [2.24, 2.45) is 0 Å². The molecule has 0 fully saturated rings. The highest BCUT2D eigenvalue weighted by Crippen LogP contribution is 2.24. The van der Waals surface area contributed by atoms with Gasteiger partial charge in [0.1, 0.15) is 0 Å². The van der Waals surface area contributed by atoms with Crippen molar-refractivity contribution >= 4 is 23.4 Å². The Kier molecular flexibility index (Phi) is 4.66. The van der Waals surface area contributed by atoms with Crippen molar-refractivity contribution in [1.29, 1.82) is 0 Å². The third-order valence-corrected chi connectivity index (χ3v) is 4.29. The zero-order valence-electron chi connectivity index (χ0n) is 14.1. The zero-order chi connectivity index (χ0) is 18.6. The van der Waals surface area contributed by atoms with Gasteiger partial charge in [-0.1, -0.05) is 23.0 Å². The van der Waals surface area contributed by atoms with Crippen LogP contribution in [0, 0.1) is 0 Å². The number of amides is 1. The van der Waals surface area contributed by atoms with E-state index >= 15 is 0 Å². The summed E-state index contributed by atoms with van der Waals surface area (Å²) in [6, 6.07) is 10.7. The molecule has 0 aliphatic heterocycles. The number of aromatic nitrogens is 6. The van der Waals surface area contributed by atoms with Gasteiger partial charge in [-0.15, -0.1) is 5.10 Å². The number of hydrogen-bond acceptors (Lipinski definition) is 9. The molecule has 1 amide bonds. The van der Waals surface area contributed by atoms with Crippen molar-refractivity contribution in [1.82, 2.24) is 30.3 Å². The number of nitrogens with zero attached hydrogens (tertiary/aromatic N) is 6. The number of carbonyl (C=O) groups excluding carboxylic acids is 1. The molecule has 4 aromatic rings. The van der Waals surface area contributed by atoms with Gasteiger partial charge in [0, 0.05) is 12.6 Å². The molecule has 0 bridgehead atoms. The lowest BCUT2D eigenvalue weighted by molar-refractivity contribution is -0.114. The van der Waals surface area contributed by atoms with E-state index in [1.54, 1.807) is 35.2 Å². The second-order valence-electron chi connectivity index (χ2n) is 5.38. The molecular weight excluding hydrogens is 370 g/mol. The van der Waals surface area contributed by atoms with Crippen molar-refractivity contribution in [2.75, 3.05) is 5.32 Å². The van der Waals surface area contributed by atoms with Crippen LogP contribution in [0.4, 0.5) is 5.69 Å². The first-order valence-electron chi connectivity index (χ1n) is 7.85. The van der Waals surface area contributed by atoms with Crippen molar-refractivity contribution < 1.29 is 13.7 Å². The molecule has 27 heavy (non-hydrogen) atoms. The highest BCUT2D eigenvalue weighted by Gasteiger charge is 2.14. The summed E-state index contributed by atoms with van der Waals surface area (Å²) in [4.78, 5) is 15.5. The minimum absolute atomic E-state index is 0.151. The smallest absolute Gasteiger partial charge is 0.238 e. The lowest BCUT2D eigenvalue weighted by Crippen LogP contribution is -2.07.